The third-order valence-electron chi connectivity index (χ3n) is 8.60. The fraction of sp³-hybridized carbons (Fsp3) is 0.410. The minimum Gasteiger partial charge on any atom is -0.626 e. The van der Waals surface area contributed by atoms with E-state index in [0.717, 1.165) is 22.3 Å². The number of phenolic OH excluding ortho intramolecular Hbond substituents is 1. The number of benzene rings is 1. The number of hydrogen-bond donors (Lipinski definition) is 1. The molecule has 4 aliphatic rings. The average molecular weight is 656 g/mol. The maximum Gasteiger partial charge on any atom is 0.726 e. The molecule has 0 fully saturated rings. The third-order valence-corrected chi connectivity index (χ3v) is 8.60. The first-order valence-electron chi connectivity index (χ1n) is 16.3. The van der Waals surface area contributed by atoms with Gasteiger partial charge in [-0.2, -0.15) is 0 Å². The van der Waals surface area contributed by atoms with Gasteiger partial charge in [0.25, 0.3) is 0 Å². The number of carbonyl (C=O) groups excluding carboxylic acids is 1. The summed E-state index contributed by atoms with van der Waals surface area (Å²) in [5.41, 5.74) is 4.40. The minimum atomic E-state index is -4.71. The molecule has 0 unspecified atom stereocenters. The van der Waals surface area contributed by atoms with Crippen molar-refractivity contribution in [2.75, 3.05) is 0 Å². The Morgan fingerprint density at radius 3 is 1.62 bits per heavy atom. The Balaban J connectivity index is 1.58. The zero-order chi connectivity index (χ0) is 35.8. The molecule has 48 heavy (non-hydrogen) atoms. The molecular formula is C39H46BF2N2O4-. The number of Topliss-reactive ketones (excluding diaryl/α,β-unsaturated/α-hetero) is 1. The number of hydrogen-bond acceptors (Lipinski definition) is 6. The Bertz CT molecular complexity index is 1820. The Labute approximate surface area is 283 Å². The maximum absolute atomic E-state index is 15.0. The highest BCUT2D eigenvalue weighted by Crippen LogP contribution is 2.42. The van der Waals surface area contributed by atoms with Gasteiger partial charge in [-0.05, 0) is 70.2 Å². The van der Waals surface area contributed by atoms with E-state index in [1.807, 2.05) is 107 Å². The number of nitrogens with zero attached hydrogens (tertiary/aromatic N) is 2. The smallest absolute Gasteiger partial charge is 0.626 e. The summed E-state index contributed by atoms with van der Waals surface area (Å²) in [6, 6.07) is 3.80. The van der Waals surface area contributed by atoms with Crippen LogP contribution in [0.2, 0.25) is 0 Å². The van der Waals surface area contributed by atoms with Gasteiger partial charge in [-0.3, -0.25) is 4.79 Å². The number of rotatable bonds is 2. The Kier molecular flexibility index (Phi) is 8.34. The van der Waals surface area contributed by atoms with E-state index < -0.39 is 17.9 Å². The van der Waals surface area contributed by atoms with Gasteiger partial charge in [0.05, 0.1) is 11.4 Å². The van der Waals surface area contributed by atoms with Gasteiger partial charge in [-0.15, -0.1) is 0 Å². The minimum absolute atomic E-state index is 0.000663. The van der Waals surface area contributed by atoms with E-state index in [2.05, 4.69) is 9.98 Å². The van der Waals surface area contributed by atoms with Crippen LogP contribution in [0.25, 0.3) is 0 Å². The number of aliphatic imine (C=N–C) groups is 2. The Morgan fingerprint density at radius 1 is 0.646 bits per heavy atom. The molecule has 0 radical (unpaired) electrons. The summed E-state index contributed by atoms with van der Waals surface area (Å²) in [5, 5.41) is 11.2. The fourth-order valence-corrected chi connectivity index (χ4v) is 5.91. The van der Waals surface area contributed by atoms with Crippen LogP contribution >= 0.6 is 0 Å². The van der Waals surface area contributed by atoms with E-state index in [1.54, 1.807) is 24.3 Å². The maximum atomic E-state index is 15.0. The quantitative estimate of drug-likeness (QED) is 0.322. The van der Waals surface area contributed by atoms with Crippen molar-refractivity contribution < 1.29 is 27.8 Å². The topological polar surface area (TPSA) is 80.5 Å². The summed E-state index contributed by atoms with van der Waals surface area (Å²) >= 11 is 0. The molecule has 1 aromatic carbocycles. The lowest BCUT2D eigenvalue weighted by Crippen LogP contribution is -2.36. The van der Waals surface area contributed by atoms with Crippen LogP contribution in [-0.4, -0.2) is 29.4 Å². The molecule has 254 valence electrons. The molecule has 5 rings (SSSR count). The van der Waals surface area contributed by atoms with Crippen LogP contribution in [0, 0.1) is 10.8 Å². The summed E-state index contributed by atoms with van der Waals surface area (Å²) in [6.45, 7) is 24.1. The summed E-state index contributed by atoms with van der Waals surface area (Å²) < 4.78 is 40.1. The molecule has 0 bridgehead atoms. The van der Waals surface area contributed by atoms with Gasteiger partial charge in [-0.25, -0.2) is 9.98 Å². The molecule has 1 aliphatic carbocycles. The second kappa shape index (κ2) is 11.4. The standard InChI is InChI=1S/C39H46BF2N2O4/c1-36(2,3)24-17-22(18-25(34(24)45)37(4,5)6)28-13-15-30(43-28)32-21-33(48-40(41,42)47-32)31-16-14-29(44-31)23-19-26(38(7,8)9)35(46)27(20-23)39(10,11)12/h13-21,45H,1-12H3/q-1/b32-30+. The SMILES string of the molecule is CC(C)(C)C1=CC(=C2C=CC(C3=C/C(=C4/C=CC(c5cc(C(C)(C)C)c(O)c(C(C)(C)C)c5)=N4)O[B-](F)(F)O3)=N2)C=C(C(C)(C)C)C1=O. The highest BCUT2D eigenvalue weighted by atomic mass is 19.3. The highest BCUT2D eigenvalue weighted by Gasteiger charge is 2.40. The van der Waals surface area contributed by atoms with Crippen LogP contribution in [0.15, 0.2) is 104 Å². The van der Waals surface area contributed by atoms with Gasteiger partial charge in [0.1, 0.15) is 28.7 Å². The fourth-order valence-electron chi connectivity index (χ4n) is 5.91. The number of carbonyl (C=O) groups is 1. The number of ketones is 1. The van der Waals surface area contributed by atoms with Gasteiger partial charge in [-0.1, -0.05) is 83.1 Å². The predicted molar refractivity (Wildman–Crippen MR) is 190 cm³/mol. The highest BCUT2D eigenvalue weighted by molar-refractivity contribution is 6.53. The number of halogens is 2. The number of aromatic hydroxyl groups is 1. The Hall–Kier alpha value is -4.27. The molecule has 1 N–H and O–H groups in total. The van der Waals surface area contributed by atoms with Crippen molar-refractivity contribution in [2.45, 2.75) is 93.9 Å². The van der Waals surface area contributed by atoms with Crippen LogP contribution in [0.3, 0.4) is 0 Å². The van der Waals surface area contributed by atoms with Crippen LogP contribution in [0.5, 0.6) is 5.75 Å². The first kappa shape index (κ1) is 35.1. The van der Waals surface area contributed by atoms with Gasteiger partial charge in [0, 0.05) is 39.5 Å². The lowest BCUT2D eigenvalue weighted by molar-refractivity contribution is -0.114. The summed E-state index contributed by atoms with van der Waals surface area (Å²) in [4.78, 5) is 22.8. The van der Waals surface area contributed by atoms with Gasteiger partial charge in [0.15, 0.2) is 5.78 Å². The second-order valence-corrected chi connectivity index (χ2v) is 16.9. The molecule has 0 spiro atoms. The van der Waals surface area contributed by atoms with Crippen molar-refractivity contribution in [1.82, 2.24) is 0 Å². The summed E-state index contributed by atoms with van der Waals surface area (Å²) in [6.07, 6.45) is 11.8. The molecule has 1 aromatic rings. The first-order valence-corrected chi connectivity index (χ1v) is 16.3. The molecule has 0 aromatic heterocycles. The van der Waals surface area contributed by atoms with E-state index >= 15 is 0 Å². The second-order valence-electron chi connectivity index (χ2n) is 16.9. The molecular weight excluding hydrogens is 609 g/mol. The largest absolute Gasteiger partial charge is 0.726 e. The first-order chi connectivity index (χ1) is 21.8. The Morgan fingerprint density at radius 2 is 1.12 bits per heavy atom. The predicted octanol–water partition coefficient (Wildman–Crippen LogP) is 9.66. The van der Waals surface area contributed by atoms with Crippen molar-refractivity contribution in [2.24, 2.45) is 20.8 Å². The molecule has 0 atom stereocenters. The zero-order valence-corrected chi connectivity index (χ0v) is 30.1. The van der Waals surface area contributed by atoms with Crippen molar-refractivity contribution in [3.63, 3.8) is 0 Å². The van der Waals surface area contributed by atoms with Crippen molar-refractivity contribution in [3.05, 3.63) is 111 Å². The van der Waals surface area contributed by atoms with E-state index in [4.69, 9.17) is 9.31 Å². The molecule has 0 amide bonds. The molecule has 0 saturated carbocycles. The van der Waals surface area contributed by atoms with Crippen LogP contribution in [0.1, 0.15) is 99.8 Å². The van der Waals surface area contributed by atoms with Crippen LogP contribution in [0.4, 0.5) is 8.63 Å². The van der Waals surface area contributed by atoms with Crippen molar-refractivity contribution in [3.8, 4) is 5.75 Å². The monoisotopic (exact) mass is 655 g/mol. The number of allylic oxidation sites excluding steroid dienone is 10. The van der Waals surface area contributed by atoms with Gasteiger partial charge in [0.2, 0.25) is 0 Å². The normalized spacial score (nSPS) is 21.5. The molecule has 6 nitrogen and oxygen atoms in total. The lowest BCUT2D eigenvalue weighted by Gasteiger charge is -2.34. The zero-order valence-electron chi connectivity index (χ0n) is 30.1. The summed E-state index contributed by atoms with van der Waals surface area (Å²) in [5.74, 6) is -0.0268. The van der Waals surface area contributed by atoms with Crippen molar-refractivity contribution >= 4 is 24.3 Å². The molecule has 3 aliphatic heterocycles. The molecule has 0 saturated heterocycles. The summed E-state index contributed by atoms with van der Waals surface area (Å²) in [7, 11) is -4.71. The van der Waals surface area contributed by atoms with E-state index in [1.165, 1.54) is 6.08 Å². The van der Waals surface area contributed by atoms with Crippen LogP contribution in [-0.2, 0) is 24.9 Å². The van der Waals surface area contributed by atoms with E-state index in [9.17, 15) is 18.5 Å². The van der Waals surface area contributed by atoms with E-state index in [0.29, 0.717) is 22.6 Å². The van der Waals surface area contributed by atoms with Gasteiger partial charge >= 0.3 is 7.11 Å². The lowest BCUT2D eigenvalue weighted by atomic mass is 9.71. The van der Waals surface area contributed by atoms with Crippen molar-refractivity contribution in [1.29, 1.82) is 0 Å². The number of phenols is 1. The average Bonchev–Trinajstić information content (AvgIpc) is 3.61. The third kappa shape index (κ3) is 6.96. The van der Waals surface area contributed by atoms with E-state index in [-0.39, 0.29) is 45.3 Å². The molecule has 9 heteroatoms. The van der Waals surface area contributed by atoms with Gasteiger partial charge < -0.3 is 23.0 Å². The molecule has 3 heterocycles. The van der Waals surface area contributed by atoms with Crippen LogP contribution < -0.4 is 0 Å².